The average Bonchev–Trinajstić information content (AvgIpc) is 2.87. The normalized spacial score (nSPS) is 21.5. The molecule has 8 nitrogen and oxygen atoms in total. The van der Waals surface area contributed by atoms with Gasteiger partial charge in [-0.2, -0.15) is 8.42 Å². The fourth-order valence-corrected chi connectivity index (χ4v) is 4.74. The highest BCUT2D eigenvalue weighted by atomic mass is 32.2. The fraction of sp³-hybridized carbons (Fsp3) is 0.611. The highest BCUT2D eigenvalue weighted by Gasteiger charge is 2.39. The number of benzene rings is 1. The Morgan fingerprint density at radius 3 is 2.79 bits per heavy atom. The second kappa shape index (κ2) is 7.49. The van der Waals surface area contributed by atoms with E-state index in [1.54, 1.807) is 11.8 Å². The molecule has 1 atom stereocenters. The molecule has 0 radical (unpaired) electrons. The summed E-state index contributed by atoms with van der Waals surface area (Å²) in [5, 5.41) is 13.6. The summed E-state index contributed by atoms with van der Waals surface area (Å²) < 4.78 is 47.1. The summed E-state index contributed by atoms with van der Waals surface area (Å²) in [5.74, 6) is -2.04. The zero-order valence-corrected chi connectivity index (χ0v) is 17.0. The number of phenols is 1. The van der Waals surface area contributed by atoms with Gasteiger partial charge in [-0.05, 0) is 63.3 Å². The van der Waals surface area contributed by atoms with Gasteiger partial charge in [0.1, 0.15) is 18.0 Å². The maximum atomic E-state index is 15.2. The molecule has 0 spiro atoms. The van der Waals surface area contributed by atoms with Gasteiger partial charge in [-0.1, -0.05) is 0 Å². The number of halogens is 1. The molecule has 156 valence electrons. The van der Waals surface area contributed by atoms with Gasteiger partial charge >= 0.3 is 10.2 Å². The number of amides is 1. The molecule has 1 aliphatic heterocycles. The van der Waals surface area contributed by atoms with Crippen molar-refractivity contribution in [2.75, 3.05) is 24.5 Å². The number of phenolic OH excluding ortho intramolecular Hbond substituents is 1. The quantitative estimate of drug-likeness (QED) is 0.639. The Kier molecular flexibility index (Phi) is 5.57. The predicted molar refractivity (Wildman–Crippen MR) is 102 cm³/mol. The summed E-state index contributed by atoms with van der Waals surface area (Å²) in [5.41, 5.74) is 0.299. The number of methoxy groups -OCH3 is 1. The lowest BCUT2D eigenvalue weighted by atomic mass is 9.87. The molecular weight excluding hydrogens is 389 g/mol. The van der Waals surface area contributed by atoms with Gasteiger partial charge in [0, 0.05) is 13.2 Å². The van der Waals surface area contributed by atoms with Gasteiger partial charge in [0.15, 0.2) is 5.82 Å². The first kappa shape index (κ1) is 20.8. The van der Waals surface area contributed by atoms with E-state index in [1.165, 1.54) is 6.07 Å². The lowest BCUT2D eigenvalue weighted by molar-refractivity contribution is -0.117. The molecule has 1 saturated heterocycles. The third-order valence-corrected chi connectivity index (χ3v) is 6.79. The van der Waals surface area contributed by atoms with Crippen molar-refractivity contribution in [1.29, 1.82) is 0 Å². The van der Waals surface area contributed by atoms with Gasteiger partial charge in [0.05, 0.1) is 5.60 Å². The van der Waals surface area contributed by atoms with Crippen LogP contribution in [0.15, 0.2) is 6.07 Å². The van der Waals surface area contributed by atoms with Crippen LogP contribution in [0.3, 0.4) is 0 Å². The molecule has 0 aromatic heterocycles. The molecule has 1 unspecified atom stereocenters. The molecule has 1 amide bonds. The van der Waals surface area contributed by atoms with Gasteiger partial charge in [-0.15, -0.1) is 0 Å². The molecule has 1 aliphatic carbocycles. The van der Waals surface area contributed by atoms with Crippen LogP contribution in [0.5, 0.6) is 5.75 Å². The van der Waals surface area contributed by atoms with E-state index < -0.39 is 39.9 Å². The molecule has 0 bridgehead atoms. The number of nitrogens with zero attached hydrogens (tertiary/aromatic N) is 1. The second-order valence-electron chi connectivity index (χ2n) is 7.84. The highest BCUT2D eigenvalue weighted by Crippen LogP contribution is 2.39. The molecule has 1 aromatic rings. The van der Waals surface area contributed by atoms with Gasteiger partial charge in [0.25, 0.3) is 5.91 Å². The van der Waals surface area contributed by atoms with E-state index in [0.717, 1.165) is 12.8 Å². The molecule has 1 aromatic carbocycles. The molecular formula is C18H26FN3O5S. The average molecular weight is 415 g/mol. The first-order chi connectivity index (χ1) is 13.0. The molecule has 0 saturated carbocycles. The Bertz CT molecular complexity index is 888. The van der Waals surface area contributed by atoms with Crippen molar-refractivity contribution in [1.82, 2.24) is 10.0 Å². The maximum Gasteiger partial charge on any atom is 0.326 e. The largest absolute Gasteiger partial charge is 0.506 e. The maximum absolute atomic E-state index is 15.2. The van der Waals surface area contributed by atoms with E-state index in [-0.39, 0.29) is 11.6 Å². The Hall–Kier alpha value is -1.91. The third-order valence-electron chi connectivity index (χ3n) is 5.41. The van der Waals surface area contributed by atoms with Crippen LogP contribution in [0.4, 0.5) is 10.1 Å². The Morgan fingerprint density at radius 2 is 2.18 bits per heavy atom. The smallest absolute Gasteiger partial charge is 0.326 e. The van der Waals surface area contributed by atoms with Crippen LogP contribution < -0.4 is 14.3 Å². The monoisotopic (exact) mass is 415 g/mol. The lowest BCUT2D eigenvalue weighted by Gasteiger charge is -2.30. The number of fused-ring (bicyclic) bond motifs is 1. The van der Waals surface area contributed by atoms with E-state index in [4.69, 9.17) is 4.74 Å². The Labute approximate surface area is 164 Å². The second-order valence-corrected chi connectivity index (χ2v) is 9.44. The van der Waals surface area contributed by atoms with Crippen LogP contribution in [-0.2, 0) is 32.6 Å². The summed E-state index contributed by atoms with van der Waals surface area (Å²) >= 11 is 0. The number of hydrogen-bond donors (Lipinski definition) is 3. The molecule has 3 N–H and O–H groups in total. The topological polar surface area (TPSA) is 108 Å². The summed E-state index contributed by atoms with van der Waals surface area (Å²) in [6.45, 7) is 4.13. The summed E-state index contributed by atoms with van der Waals surface area (Å²) in [6.07, 6.45) is 2.50. The summed E-state index contributed by atoms with van der Waals surface area (Å²) in [7, 11) is -2.54. The van der Waals surface area contributed by atoms with Crippen LogP contribution >= 0.6 is 0 Å². The molecule has 28 heavy (non-hydrogen) atoms. The van der Waals surface area contributed by atoms with Gasteiger partial charge in [0.2, 0.25) is 0 Å². The number of aromatic hydroxyl groups is 1. The lowest BCUT2D eigenvalue weighted by Crippen LogP contribution is -2.38. The van der Waals surface area contributed by atoms with E-state index in [1.807, 2.05) is 13.8 Å². The van der Waals surface area contributed by atoms with Crippen molar-refractivity contribution in [2.24, 2.45) is 0 Å². The molecule has 10 heteroatoms. The van der Waals surface area contributed by atoms with Gasteiger partial charge < -0.3 is 15.2 Å². The first-order valence-corrected chi connectivity index (χ1v) is 10.6. The van der Waals surface area contributed by atoms with Gasteiger partial charge in [-0.25, -0.2) is 13.4 Å². The van der Waals surface area contributed by atoms with E-state index in [0.29, 0.717) is 34.8 Å². The van der Waals surface area contributed by atoms with Crippen LogP contribution in [0, 0.1) is 5.82 Å². The van der Waals surface area contributed by atoms with Crippen molar-refractivity contribution in [3.63, 3.8) is 0 Å². The van der Waals surface area contributed by atoms with Crippen molar-refractivity contribution < 1.29 is 27.4 Å². The number of anilines is 1. The minimum atomic E-state index is -4.20. The number of ether oxygens (including phenoxy) is 1. The highest BCUT2D eigenvalue weighted by molar-refractivity contribution is 7.92. The van der Waals surface area contributed by atoms with Crippen molar-refractivity contribution >= 4 is 21.8 Å². The number of rotatable bonds is 6. The molecule has 1 fully saturated rings. The minimum absolute atomic E-state index is 0.0296. The van der Waals surface area contributed by atoms with Crippen LogP contribution in [-0.4, -0.2) is 51.3 Å². The van der Waals surface area contributed by atoms with E-state index in [2.05, 4.69) is 5.32 Å². The SMILES string of the molecule is COC(C)(C)CCNC1CCc2cc(O)c(N3CC(=O)NS3(=O)=O)c(F)c2C1. The number of carbonyl (C=O) groups excluding carboxylic acids is 1. The first-order valence-electron chi connectivity index (χ1n) is 9.19. The van der Waals surface area contributed by atoms with Crippen molar-refractivity contribution in [3.05, 3.63) is 23.0 Å². The zero-order chi connectivity index (χ0) is 20.7. The predicted octanol–water partition coefficient (Wildman–Crippen LogP) is 0.974. The van der Waals surface area contributed by atoms with Gasteiger partial charge in [-0.3, -0.25) is 4.79 Å². The van der Waals surface area contributed by atoms with Crippen LogP contribution in [0.1, 0.15) is 37.8 Å². The van der Waals surface area contributed by atoms with Crippen molar-refractivity contribution in [3.8, 4) is 5.75 Å². The van der Waals surface area contributed by atoms with E-state index >= 15 is 4.39 Å². The molecule has 3 rings (SSSR count). The zero-order valence-electron chi connectivity index (χ0n) is 16.2. The van der Waals surface area contributed by atoms with Crippen molar-refractivity contribution in [2.45, 2.75) is 51.2 Å². The van der Waals surface area contributed by atoms with E-state index in [9.17, 15) is 18.3 Å². The van der Waals surface area contributed by atoms with Crippen LogP contribution in [0.25, 0.3) is 0 Å². The number of carbonyl (C=O) groups is 1. The fourth-order valence-electron chi connectivity index (χ4n) is 3.58. The third kappa shape index (κ3) is 4.08. The Morgan fingerprint density at radius 1 is 1.46 bits per heavy atom. The summed E-state index contributed by atoms with van der Waals surface area (Å²) in [6, 6.07) is 1.43. The number of hydrogen-bond acceptors (Lipinski definition) is 6. The standard InChI is InChI=1S/C18H26FN3O5S/c1-18(2,27-3)6-7-20-12-5-4-11-8-14(23)17(16(19)13(11)9-12)22-10-15(24)21-28(22,25)26/h8,12,20,23H,4-7,9-10H2,1-3H3,(H,21,24). The Balaban J connectivity index is 1.81. The number of nitrogens with one attached hydrogen (secondary N) is 2. The van der Waals surface area contributed by atoms with Crippen LogP contribution in [0.2, 0.25) is 0 Å². The molecule has 1 heterocycles. The molecule has 2 aliphatic rings. The summed E-state index contributed by atoms with van der Waals surface area (Å²) in [4.78, 5) is 11.5. The number of aryl methyl sites for hydroxylation is 1. The minimum Gasteiger partial charge on any atom is -0.506 e.